The molecule has 11 rings (SSSR count). The van der Waals surface area contributed by atoms with Crippen molar-refractivity contribution in [1.29, 1.82) is 0 Å². The summed E-state index contributed by atoms with van der Waals surface area (Å²) in [7, 11) is 2.56. The van der Waals surface area contributed by atoms with Crippen molar-refractivity contribution in [1.82, 2.24) is 9.97 Å². The number of phenolic OH excluding ortho intramolecular Hbond substituents is 1. The Hall–Kier alpha value is -7.00. The maximum atomic E-state index is 10.3. The molecule has 0 saturated carbocycles. The number of rotatable bonds is 9. The number of nitro groups is 2. The van der Waals surface area contributed by atoms with E-state index < -0.39 is 9.85 Å². The minimum atomic E-state index is -0.500. The van der Waals surface area contributed by atoms with Crippen LogP contribution < -0.4 is 34.2 Å². The number of alkyl halides is 1. The van der Waals surface area contributed by atoms with Gasteiger partial charge in [0.15, 0.2) is 18.5 Å². The van der Waals surface area contributed by atoms with E-state index in [0.717, 1.165) is 105 Å². The second kappa shape index (κ2) is 38.1. The van der Waals surface area contributed by atoms with Gasteiger partial charge in [0.2, 0.25) is 6.20 Å². The van der Waals surface area contributed by atoms with Gasteiger partial charge in [0, 0.05) is 71.9 Å². The summed E-state index contributed by atoms with van der Waals surface area (Å²) >= 11 is 20.6. The summed E-state index contributed by atoms with van der Waals surface area (Å²) in [6.07, 6.45) is 4.62. The molecule has 0 radical (unpaired) electrons. The second-order valence-corrected chi connectivity index (χ2v) is 26.5. The molecular weight excluding hydrogens is 1400 g/mol. The van der Waals surface area contributed by atoms with E-state index >= 15 is 0 Å². The number of aromatic hydroxyl groups is 1. The number of nitrogens with zero attached hydrogens (tertiary/aromatic N) is 4. The molecule has 0 amide bonds. The molecule has 0 aliphatic carbocycles. The Labute approximate surface area is 571 Å². The molecule has 4 aliphatic rings. The lowest BCUT2D eigenvalue weighted by atomic mass is 9.86. The SMILES string of the molecule is C=C(C)CBr.C=C(C)COc1ccccc1Br.CC1(C)COc2c(/C=C/[N+](=O)[O-])cccc21.CC1(C)COc2c(CCN)cccc21.CC1(C)COc2ccccc21.COc1cccc2c1OCC2(C)C.C[N+](=O)[O-].Clc1cc(Cl)ncn1.Oc1ccccc1Br. The van der Waals surface area contributed by atoms with Gasteiger partial charge in [0.25, 0.3) is 0 Å². The molecule has 0 atom stereocenters. The quantitative estimate of drug-likeness (QED) is 0.0452. The van der Waals surface area contributed by atoms with E-state index in [-0.39, 0.29) is 27.4 Å². The topological polar surface area (TPSA) is 214 Å². The van der Waals surface area contributed by atoms with Crippen molar-refractivity contribution in [2.75, 3.05) is 59.1 Å². The zero-order chi connectivity index (χ0) is 68.1. The first-order valence-corrected chi connectivity index (χ1v) is 32.2. The summed E-state index contributed by atoms with van der Waals surface area (Å²) in [5.74, 6) is 5.79. The van der Waals surface area contributed by atoms with Gasteiger partial charge in [-0.1, -0.05) is 204 Å². The number of nitrogens with two attached hydrogens (primary N) is 1. The van der Waals surface area contributed by atoms with Crippen molar-refractivity contribution < 1.29 is 43.4 Å². The normalized spacial score (nSPS) is 14.1. The first kappa shape index (κ1) is 78.2. The largest absolute Gasteiger partial charge is 0.507 e. The number of ether oxygens (including phenoxy) is 6. The Balaban J connectivity index is 0.000000274. The van der Waals surface area contributed by atoms with Gasteiger partial charge in [-0.25, -0.2) is 9.97 Å². The zero-order valence-corrected chi connectivity index (χ0v) is 60.1. The van der Waals surface area contributed by atoms with Crippen molar-refractivity contribution in [3.05, 3.63) is 243 Å². The fourth-order valence-electron chi connectivity index (χ4n) is 8.53. The third-order valence-electron chi connectivity index (χ3n) is 13.2. The van der Waals surface area contributed by atoms with Crippen molar-refractivity contribution >= 4 is 77.1 Å². The highest BCUT2D eigenvalue weighted by molar-refractivity contribution is 9.11. The molecule has 0 spiro atoms. The molecule has 0 unspecified atom stereocenters. The maximum Gasteiger partial charge on any atom is 0.235 e. The van der Waals surface area contributed by atoms with E-state index in [4.69, 9.17) is 72.6 Å². The average molecular weight is 1480 g/mol. The van der Waals surface area contributed by atoms with Crippen LogP contribution in [0.4, 0.5) is 0 Å². The lowest BCUT2D eigenvalue weighted by Crippen LogP contribution is -2.18. The van der Waals surface area contributed by atoms with Crippen LogP contribution in [0.15, 0.2) is 179 Å². The third-order valence-corrected chi connectivity index (χ3v) is 15.9. The molecule has 21 heteroatoms. The van der Waals surface area contributed by atoms with Gasteiger partial charge in [-0.05, 0) is 106 Å². The number of methoxy groups -OCH3 is 1. The third kappa shape index (κ3) is 26.6. The van der Waals surface area contributed by atoms with Crippen LogP contribution in [0.3, 0.4) is 0 Å². The summed E-state index contributed by atoms with van der Waals surface area (Å²) in [5, 5.41) is 29.6. The highest BCUT2D eigenvalue weighted by atomic mass is 79.9. The van der Waals surface area contributed by atoms with Crippen LogP contribution in [-0.4, -0.2) is 84.0 Å². The van der Waals surface area contributed by atoms with Crippen LogP contribution in [-0.2, 0) is 28.1 Å². The Bertz CT molecular complexity index is 3490. The van der Waals surface area contributed by atoms with Crippen LogP contribution >= 0.6 is 71.0 Å². The van der Waals surface area contributed by atoms with Crippen molar-refractivity contribution in [2.24, 2.45) is 5.73 Å². The van der Waals surface area contributed by atoms with Crippen LogP contribution in [0.2, 0.25) is 10.3 Å². The number of fused-ring (bicyclic) bond motifs is 4. The molecule has 3 N–H and O–H groups in total. The number of allylic oxidation sites excluding steroid dienone is 1. The zero-order valence-electron chi connectivity index (χ0n) is 53.8. The van der Waals surface area contributed by atoms with Crippen LogP contribution in [0.25, 0.3) is 6.08 Å². The van der Waals surface area contributed by atoms with Crippen LogP contribution in [0.1, 0.15) is 103 Å². The predicted octanol–water partition coefficient (Wildman–Crippen LogP) is 18.4. The Morgan fingerprint density at radius 2 is 1.09 bits per heavy atom. The molecule has 4 aliphatic heterocycles. The number of benzene rings is 6. The van der Waals surface area contributed by atoms with E-state index in [1.54, 1.807) is 25.3 Å². The van der Waals surface area contributed by atoms with Crippen molar-refractivity contribution in [3.63, 3.8) is 0 Å². The summed E-state index contributed by atoms with van der Waals surface area (Å²) in [5.41, 5.74) is 15.2. The van der Waals surface area contributed by atoms with Crippen molar-refractivity contribution in [3.8, 4) is 40.2 Å². The molecular formula is C70H84Br3Cl2N5O11. The fourth-order valence-corrected chi connectivity index (χ4v) is 9.56. The monoisotopic (exact) mass is 1480 g/mol. The van der Waals surface area contributed by atoms with Gasteiger partial charge in [0.05, 0.1) is 47.4 Å². The van der Waals surface area contributed by atoms with Gasteiger partial charge in [-0.3, -0.25) is 20.2 Å². The van der Waals surface area contributed by atoms with Gasteiger partial charge in [-0.2, -0.15) is 0 Å². The lowest BCUT2D eigenvalue weighted by molar-refractivity contribution is -0.445. The molecule has 16 nitrogen and oxygen atoms in total. The lowest BCUT2D eigenvalue weighted by Gasteiger charge is -2.15. The number of hydrogen-bond acceptors (Lipinski definition) is 14. The van der Waals surface area contributed by atoms with Gasteiger partial charge in [-0.15, -0.1) is 0 Å². The molecule has 490 valence electrons. The molecule has 1 aromatic heterocycles. The number of hydrogen-bond donors (Lipinski definition) is 2. The van der Waals surface area contributed by atoms with E-state index in [9.17, 15) is 10.1 Å². The second-order valence-electron chi connectivity index (χ2n) is 23.5. The van der Waals surface area contributed by atoms with E-state index in [1.165, 1.54) is 46.3 Å². The molecule has 6 aromatic carbocycles. The molecule has 0 bridgehead atoms. The summed E-state index contributed by atoms with van der Waals surface area (Å²) < 4.78 is 34.9. The highest BCUT2D eigenvalue weighted by Gasteiger charge is 2.35. The molecule has 0 saturated heterocycles. The maximum absolute atomic E-state index is 10.3. The van der Waals surface area contributed by atoms with E-state index in [0.29, 0.717) is 30.1 Å². The number of phenols is 1. The number of aromatic nitrogens is 2. The first-order valence-electron chi connectivity index (χ1n) is 28.7. The summed E-state index contributed by atoms with van der Waals surface area (Å²) in [4.78, 5) is 25.3. The van der Waals surface area contributed by atoms with Crippen LogP contribution in [0, 0.1) is 20.2 Å². The Morgan fingerprint density at radius 1 is 0.648 bits per heavy atom. The summed E-state index contributed by atoms with van der Waals surface area (Å²) in [6.45, 7) is 32.9. The summed E-state index contributed by atoms with van der Waals surface area (Å²) in [6, 6.07) is 42.7. The van der Waals surface area contributed by atoms with Crippen LogP contribution in [0.5, 0.6) is 40.2 Å². The fraction of sp³-hybridized carbons (Fsp3) is 0.343. The molecule has 7 aromatic rings. The predicted molar refractivity (Wildman–Crippen MR) is 379 cm³/mol. The highest BCUT2D eigenvalue weighted by Crippen LogP contribution is 2.45. The van der Waals surface area contributed by atoms with Crippen molar-refractivity contribution in [2.45, 2.75) is 97.3 Å². The number of halogens is 5. The van der Waals surface area contributed by atoms with Gasteiger partial charge >= 0.3 is 0 Å². The molecule has 0 fully saturated rings. The standard InChI is InChI=1S/C12H13NO3.C12H17NO.C11H14O2.C10H11BrO.C10H12O.C6H5BrO.C4H7Br.C4H2Cl2N2.CH3NO2/c1-12(2)8-16-11-9(6-7-13(14)15)4-3-5-10(11)12;1-12(2)8-14-11-9(6-7-13)4-3-5-10(11)12;1-11(2)7-13-10-8(11)5-4-6-9(10)12-3;1-8(2)7-12-10-6-4-3-5-9(10)11;1-10(2)7-11-9-6-4-3-5-8(9)10;7-5-3-1-2-4-6(5)8;1-4(2)3-5;5-3-1-4(6)8-2-7-3;1-2(3)4/h3-7H,8H2,1-2H3;3-5H,6-8,13H2,1-2H3;4-6H,7H2,1-3H3;3-6H,1,7H2,2H3;3-6H,7H2,1-2H3;1-4,8H;1,3H2,2H3;1-2H;1H3/b7-6+;;;;;;;;. The first-order chi connectivity index (χ1) is 42.8. The number of para-hydroxylation sites is 6. The Morgan fingerprint density at radius 3 is 1.56 bits per heavy atom. The van der Waals surface area contributed by atoms with Gasteiger partial charge < -0.3 is 39.3 Å². The minimum absolute atomic E-state index is 0.0200. The van der Waals surface area contributed by atoms with Gasteiger partial charge in [0.1, 0.15) is 52.0 Å². The molecule has 5 heterocycles. The minimum Gasteiger partial charge on any atom is -0.507 e. The Kier molecular flexibility index (Phi) is 32.8. The average Bonchev–Trinajstić information content (AvgIpc) is 1.75. The molecule has 91 heavy (non-hydrogen) atoms. The smallest absolute Gasteiger partial charge is 0.235 e. The van der Waals surface area contributed by atoms with E-state index in [2.05, 4.69) is 163 Å². The van der Waals surface area contributed by atoms with E-state index in [1.807, 2.05) is 86.6 Å².